The van der Waals surface area contributed by atoms with Crippen LogP contribution in [0.4, 0.5) is 0 Å². The van der Waals surface area contributed by atoms with E-state index < -0.39 is 66.0 Å². The minimum atomic E-state index is -1.29. The Morgan fingerprint density at radius 1 is 0.596 bits per heavy atom. The monoisotopic (exact) mass is 740 g/mol. The molecule has 2 heterocycles. The van der Waals surface area contributed by atoms with Gasteiger partial charge in [-0.2, -0.15) is 0 Å². The minimum absolute atomic E-state index is 0.0301. The molecule has 0 bridgehead atoms. The topological polar surface area (TPSA) is 287 Å². The lowest BCUT2D eigenvalue weighted by atomic mass is 10.1. The molecule has 0 unspecified atom stereocenters. The maximum absolute atomic E-state index is 12.8. The van der Waals surface area contributed by atoms with E-state index in [2.05, 4.69) is 16.0 Å². The predicted octanol–water partition coefficient (Wildman–Crippen LogP) is -4.25. The fraction of sp³-hybridized carbons (Fsp3) is 0.645. The Labute approximate surface area is 299 Å². The zero-order valence-corrected chi connectivity index (χ0v) is 28.9. The van der Waals surface area contributed by atoms with Gasteiger partial charge in [-0.05, 0) is 19.3 Å². The van der Waals surface area contributed by atoms with Crippen molar-refractivity contribution >= 4 is 53.4 Å². The van der Waals surface area contributed by atoms with Crippen LogP contribution in [-0.4, -0.2) is 203 Å². The molecule has 0 radical (unpaired) electrons. The summed E-state index contributed by atoms with van der Waals surface area (Å²) in [6.07, 6.45) is 2.76. The lowest BCUT2D eigenvalue weighted by Crippen LogP contribution is -2.50. The molecule has 0 aromatic heterocycles. The van der Waals surface area contributed by atoms with Gasteiger partial charge in [-0.1, -0.05) is 0 Å². The van der Waals surface area contributed by atoms with Gasteiger partial charge < -0.3 is 36.4 Å². The first kappa shape index (κ1) is 43.2. The van der Waals surface area contributed by atoms with Crippen molar-refractivity contribution in [3.63, 3.8) is 0 Å². The molecular formula is C31H48N8O13. The van der Waals surface area contributed by atoms with Gasteiger partial charge in [0.25, 0.3) is 11.8 Å². The molecule has 52 heavy (non-hydrogen) atoms. The molecule has 1 atom stereocenters. The molecule has 21 nitrogen and oxygen atoms in total. The molecule has 2 aliphatic heterocycles. The number of rotatable bonds is 20. The molecular weight excluding hydrogens is 692 g/mol. The van der Waals surface area contributed by atoms with E-state index in [1.54, 1.807) is 19.6 Å². The quantitative estimate of drug-likeness (QED) is 0.0460. The van der Waals surface area contributed by atoms with Gasteiger partial charge in [0.1, 0.15) is 6.04 Å². The first-order valence-corrected chi connectivity index (χ1v) is 16.8. The van der Waals surface area contributed by atoms with Crippen LogP contribution in [0, 0.1) is 0 Å². The van der Waals surface area contributed by atoms with Gasteiger partial charge in [-0.3, -0.25) is 62.9 Å². The Balaban J connectivity index is 1.81. The second kappa shape index (κ2) is 22.7. The van der Waals surface area contributed by atoms with Crippen LogP contribution in [0.5, 0.6) is 0 Å². The highest BCUT2D eigenvalue weighted by molar-refractivity contribution is 6.12. The zero-order valence-electron chi connectivity index (χ0n) is 28.9. The van der Waals surface area contributed by atoms with E-state index in [0.717, 1.165) is 17.1 Å². The molecule has 0 aliphatic carbocycles. The van der Waals surface area contributed by atoms with Crippen LogP contribution in [0.15, 0.2) is 12.2 Å². The van der Waals surface area contributed by atoms with E-state index in [-0.39, 0.29) is 104 Å². The summed E-state index contributed by atoms with van der Waals surface area (Å²) in [6, 6.07) is -1.25. The maximum Gasteiger partial charge on any atom is 0.326 e. The van der Waals surface area contributed by atoms with Crippen LogP contribution in [0.2, 0.25) is 0 Å². The van der Waals surface area contributed by atoms with Crippen molar-refractivity contribution in [1.82, 2.24) is 40.4 Å². The van der Waals surface area contributed by atoms with Crippen LogP contribution < -0.4 is 16.0 Å². The molecule has 0 spiro atoms. The van der Waals surface area contributed by atoms with Crippen molar-refractivity contribution < 1.29 is 63.6 Å². The zero-order chi connectivity index (χ0) is 38.6. The number of hydrogen-bond donors (Lipinski definition) is 7. The van der Waals surface area contributed by atoms with Crippen molar-refractivity contribution in [2.24, 2.45) is 0 Å². The van der Waals surface area contributed by atoms with Crippen molar-refractivity contribution in [3.8, 4) is 0 Å². The molecule has 290 valence electrons. The third-order valence-corrected chi connectivity index (χ3v) is 8.15. The highest BCUT2D eigenvalue weighted by atomic mass is 16.4. The normalized spacial score (nSPS) is 17.5. The Kier molecular flexibility index (Phi) is 18.9. The Morgan fingerprint density at radius 3 is 1.46 bits per heavy atom. The van der Waals surface area contributed by atoms with Crippen molar-refractivity contribution in [2.45, 2.75) is 31.7 Å². The van der Waals surface area contributed by atoms with E-state index in [1.165, 1.54) is 0 Å². The number of carboxylic acids is 4. The summed E-state index contributed by atoms with van der Waals surface area (Å²) < 4.78 is 0. The summed E-state index contributed by atoms with van der Waals surface area (Å²) in [6.45, 7) is 0.313. The van der Waals surface area contributed by atoms with E-state index in [1.807, 2.05) is 0 Å². The average molecular weight is 741 g/mol. The molecule has 1 saturated heterocycles. The van der Waals surface area contributed by atoms with Gasteiger partial charge in [-0.25, -0.2) is 4.79 Å². The van der Waals surface area contributed by atoms with Gasteiger partial charge in [0.05, 0.1) is 32.7 Å². The van der Waals surface area contributed by atoms with Gasteiger partial charge in [-0.15, -0.1) is 0 Å². The summed E-state index contributed by atoms with van der Waals surface area (Å²) in [7, 11) is 0. The van der Waals surface area contributed by atoms with Crippen molar-refractivity contribution in [1.29, 1.82) is 0 Å². The van der Waals surface area contributed by atoms with Gasteiger partial charge >= 0.3 is 23.9 Å². The second-order valence-electron chi connectivity index (χ2n) is 12.3. The number of nitrogens with one attached hydrogen (secondary N) is 3. The van der Waals surface area contributed by atoms with Gasteiger partial charge in [0, 0.05) is 84.0 Å². The predicted molar refractivity (Wildman–Crippen MR) is 179 cm³/mol. The highest BCUT2D eigenvalue weighted by Crippen LogP contribution is 2.08. The highest BCUT2D eigenvalue weighted by Gasteiger charge is 2.25. The smallest absolute Gasteiger partial charge is 0.326 e. The SMILES string of the molecule is O=C(O)CN1CCN(CC(=O)O)CCN(CC(=O)NCCC(=O)NCC(=O)N[C@@H](CCCCN2C(=O)C=CC2=O)C(=O)O)CCN(CC(=O)O)CC1. The molecule has 1 fully saturated rings. The lowest BCUT2D eigenvalue weighted by Gasteiger charge is -2.32. The molecule has 0 aromatic rings. The Bertz CT molecular complexity index is 1290. The first-order valence-electron chi connectivity index (χ1n) is 16.8. The number of carbonyl (C=O) groups is 9. The van der Waals surface area contributed by atoms with Crippen molar-refractivity contribution in [3.05, 3.63) is 12.2 Å². The Morgan fingerprint density at radius 2 is 1.04 bits per heavy atom. The fourth-order valence-electron chi connectivity index (χ4n) is 5.40. The number of imide groups is 1. The summed E-state index contributed by atoms with van der Waals surface area (Å²) in [5.41, 5.74) is 0. The number of aliphatic carboxylic acids is 4. The summed E-state index contributed by atoms with van der Waals surface area (Å²) in [5.74, 6) is -7.20. The molecule has 0 saturated carbocycles. The molecule has 2 rings (SSSR count). The lowest BCUT2D eigenvalue weighted by molar-refractivity contribution is -0.142. The van der Waals surface area contributed by atoms with Crippen LogP contribution in [0.25, 0.3) is 0 Å². The third-order valence-electron chi connectivity index (χ3n) is 8.15. The van der Waals surface area contributed by atoms with E-state index >= 15 is 0 Å². The van der Waals surface area contributed by atoms with E-state index in [0.29, 0.717) is 12.8 Å². The molecule has 21 heteroatoms. The number of hydrogen-bond acceptors (Lipinski definition) is 13. The van der Waals surface area contributed by atoms with E-state index in [4.69, 9.17) is 0 Å². The maximum atomic E-state index is 12.8. The van der Waals surface area contributed by atoms with Gasteiger partial charge in [0.15, 0.2) is 0 Å². The average Bonchev–Trinajstić information content (AvgIpc) is 3.37. The Hall–Kier alpha value is -4.99. The summed E-state index contributed by atoms with van der Waals surface area (Å²) in [4.78, 5) is 114. The van der Waals surface area contributed by atoms with Crippen LogP contribution >= 0.6 is 0 Å². The second-order valence-corrected chi connectivity index (χ2v) is 12.3. The first-order chi connectivity index (χ1) is 24.6. The van der Waals surface area contributed by atoms with Crippen LogP contribution in [0.1, 0.15) is 25.7 Å². The van der Waals surface area contributed by atoms with Crippen LogP contribution in [0.3, 0.4) is 0 Å². The number of unbranched alkanes of at least 4 members (excludes halogenated alkanes) is 1. The number of carbonyl (C=O) groups excluding carboxylic acids is 5. The number of nitrogens with zero attached hydrogens (tertiary/aromatic N) is 5. The third kappa shape index (κ3) is 17.8. The standard InChI is InChI=1S/C31H48N8O13/c40-23(33-17-24(41)34-22(31(51)52)3-1-2-8-39-26(43)4-5-27(39)44)6-7-32-25(42)18-35-9-11-36(19-28(45)46)13-15-38(21-30(49)50)16-14-37(12-10-35)20-29(47)48/h4-5,22H,1-3,6-21H2,(H,32,42)(H,33,40)(H,34,41)(H,45,46)(H,47,48)(H,49,50)(H,51,52)/t22-/m0/s1. The van der Waals surface area contributed by atoms with Crippen molar-refractivity contribution in [2.75, 3.05) is 98.2 Å². The molecule has 2 aliphatic rings. The fourth-order valence-corrected chi connectivity index (χ4v) is 5.40. The van der Waals surface area contributed by atoms with E-state index in [9.17, 15) is 63.6 Å². The number of carboxylic acid groups (broad SMARTS) is 4. The van der Waals surface area contributed by atoms with Crippen LogP contribution in [-0.2, 0) is 43.2 Å². The molecule has 5 amide bonds. The summed E-state index contributed by atoms with van der Waals surface area (Å²) in [5, 5.41) is 44.7. The molecule has 7 N–H and O–H groups in total. The summed E-state index contributed by atoms with van der Waals surface area (Å²) >= 11 is 0. The largest absolute Gasteiger partial charge is 0.480 e. The molecule has 0 aromatic carbocycles. The van der Waals surface area contributed by atoms with Gasteiger partial charge in [0.2, 0.25) is 17.7 Å². The minimum Gasteiger partial charge on any atom is -0.480 e. The number of amides is 5.